The highest BCUT2D eigenvalue weighted by molar-refractivity contribution is 6.16. The molecule has 0 aliphatic rings. The summed E-state index contributed by atoms with van der Waals surface area (Å²) < 4.78 is 4.85. The number of hydrogen-bond acceptors (Lipinski definition) is 0. The predicted molar refractivity (Wildman–Crippen MR) is 180 cm³/mol. The lowest BCUT2D eigenvalue weighted by molar-refractivity contribution is 1.17. The maximum absolute atomic E-state index is 2.43. The van der Waals surface area contributed by atoms with E-state index in [9.17, 15) is 0 Å². The lowest BCUT2D eigenvalue weighted by Gasteiger charge is -2.13. The summed E-state index contributed by atoms with van der Waals surface area (Å²) in [5.41, 5.74) is 14.9. The standard InChI is InChI=1S/C40H32N2/c1-25-14-17-36-34(19-25)35-20-26(2)15-18-37(35)42(36)31-12-8-9-29(24-31)33-21-28(4)23-39-40(33)32-16-13-27(3)22-38(32)41(39)30-10-6-5-7-11-30/h5-24H,1-4H3. The summed E-state index contributed by atoms with van der Waals surface area (Å²) >= 11 is 0. The molecular formula is C40H32N2. The molecule has 0 bridgehead atoms. The summed E-state index contributed by atoms with van der Waals surface area (Å²) in [4.78, 5) is 0. The Kier molecular flexibility index (Phi) is 5.42. The molecule has 0 aliphatic carbocycles. The molecule has 8 rings (SSSR count). The van der Waals surface area contributed by atoms with Crippen LogP contribution in [0.15, 0.2) is 121 Å². The molecule has 0 saturated carbocycles. The van der Waals surface area contributed by atoms with Gasteiger partial charge in [0.2, 0.25) is 0 Å². The van der Waals surface area contributed by atoms with Crippen molar-refractivity contribution in [3.8, 4) is 22.5 Å². The zero-order valence-electron chi connectivity index (χ0n) is 24.4. The minimum Gasteiger partial charge on any atom is -0.309 e. The molecule has 0 atom stereocenters. The molecule has 2 heterocycles. The number of aryl methyl sites for hydroxylation is 4. The second-order valence-corrected chi connectivity index (χ2v) is 11.8. The van der Waals surface area contributed by atoms with Gasteiger partial charge in [-0.25, -0.2) is 0 Å². The van der Waals surface area contributed by atoms with Crippen LogP contribution >= 0.6 is 0 Å². The molecule has 8 aromatic rings. The number of nitrogens with zero attached hydrogens (tertiary/aromatic N) is 2. The largest absolute Gasteiger partial charge is 0.309 e. The molecule has 0 radical (unpaired) electrons. The van der Waals surface area contributed by atoms with E-state index in [4.69, 9.17) is 0 Å². The van der Waals surface area contributed by atoms with Gasteiger partial charge in [-0.2, -0.15) is 0 Å². The van der Waals surface area contributed by atoms with Gasteiger partial charge in [0, 0.05) is 32.9 Å². The first kappa shape index (κ1) is 24.7. The number of benzene rings is 6. The molecule has 2 nitrogen and oxygen atoms in total. The number of aromatic nitrogens is 2. The lowest BCUT2D eigenvalue weighted by atomic mass is 9.96. The summed E-state index contributed by atoms with van der Waals surface area (Å²) in [6.45, 7) is 8.74. The molecule has 0 unspecified atom stereocenters. The van der Waals surface area contributed by atoms with E-state index in [0.717, 1.165) is 0 Å². The van der Waals surface area contributed by atoms with Crippen LogP contribution in [0.25, 0.3) is 66.1 Å². The molecule has 0 aliphatic heterocycles. The fourth-order valence-corrected chi connectivity index (χ4v) is 6.82. The average molecular weight is 541 g/mol. The Morgan fingerprint density at radius 3 is 1.69 bits per heavy atom. The Balaban J connectivity index is 1.43. The minimum absolute atomic E-state index is 1.18. The topological polar surface area (TPSA) is 9.86 Å². The van der Waals surface area contributed by atoms with E-state index in [1.165, 1.54) is 88.4 Å². The van der Waals surface area contributed by atoms with Crippen LogP contribution in [0.1, 0.15) is 22.3 Å². The Labute approximate surface area is 246 Å². The normalized spacial score (nSPS) is 11.8. The van der Waals surface area contributed by atoms with Crippen molar-refractivity contribution in [2.24, 2.45) is 0 Å². The van der Waals surface area contributed by atoms with Crippen LogP contribution in [-0.4, -0.2) is 9.13 Å². The van der Waals surface area contributed by atoms with Gasteiger partial charge in [-0.15, -0.1) is 0 Å². The predicted octanol–water partition coefficient (Wildman–Crippen LogP) is 10.8. The molecule has 6 aromatic carbocycles. The first-order valence-corrected chi connectivity index (χ1v) is 14.7. The van der Waals surface area contributed by atoms with Gasteiger partial charge in [-0.3, -0.25) is 0 Å². The molecule has 202 valence electrons. The van der Waals surface area contributed by atoms with Crippen molar-refractivity contribution in [3.05, 3.63) is 144 Å². The van der Waals surface area contributed by atoms with Gasteiger partial charge in [0.1, 0.15) is 0 Å². The maximum Gasteiger partial charge on any atom is 0.0549 e. The summed E-state index contributed by atoms with van der Waals surface area (Å²) in [5, 5.41) is 5.18. The lowest BCUT2D eigenvalue weighted by Crippen LogP contribution is -1.95. The average Bonchev–Trinajstić information content (AvgIpc) is 3.48. The Morgan fingerprint density at radius 2 is 0.976 bits per heavy atom. The van der Waals surface area contributed by atoms with E-state index >= 15 is 0 Å². The molecule has 2 aromatic heterocycles. The van der Waals surface area contributed by atoms with E-state index < -0.39 is 0 Å². The molecule has 42 heavy (non-hydrogen) atoms. The van der Waals surface area contributed by atoms with Gasteiger partial charge in [0.15, 0.2) is 0 Å². The second-order valence-electron chi connectivity index (χ2n) is 11.8. The van der Waals surface area contributed by atoms with E-state index in [2.05, 4.69) is 158 Å². The number of rotatable bonds is 3. The Bertz CT molecular complexity index is 2270. The molecule has 2 heteroatoms. The van der Waals surface area contributed by atoms with Crippen molar-refractivity contribution in [2.45, 2.75) is 27.7 Å². The maximum atomic E-state index is 2.43. The molecule has 0 saturated heterocycles. The van der Waals surface area contributed by atoms with E-state index in [0.29, 0.717) is 0 Å². The van der Waals surface area contributed by atoms with Crippen molar-refractivity contribution >= 4 is 43.6 Å². The van der Waals surface area contributed by atoms with E-state index in [-0.39, 0.29) is 0 Å². The summed E-state index contributed by atoms with van der Waals surface area (Å²) in [6.07, 6.45) is 0. The third-order valence-corrected chi connectivity index (χ3v) is 8.67. The summed E-state index contributed by atoms with van der Waals surface area (Å²) in [7, 11) is 0. The third kappa shape index (κ3) is 3.72. The Morgan fingerprint density at radius 1 is 0.381 bits per heavy atom. The van der Waals surface area contributed by atoms with Gasteiger partial charge in [0.25, 0.3) is 0 Å². The van der Waals surface area contributed by atoms with Crippen molar-refractivity contribution in [1.29, 1.82) is 0 Å². The zero-order chi connectivity index (χ0) is 28.5. The van der Waals surface area contributed by atoms with E-state index in [1.54, 1.807) is 0 Å². The van der Waals surface area contributed by atoms with Gasteiger partial charge >= 0.3 is 0 Å². The third-order valence-electron chi connectivity index (χ3n) is 8.67. The van der Waals surface area contributed by atoms with E-state index in [1.807, 2.05) is 0 Å². The Hall–Kier alpha value is -5.08. The first-order valence-electron chi connectivity index (χ1n) is 14.7. The summed E-state index contributed by atoms with van der Waals surface area (Å²) in [6, 6.07) is 45.0. The molecule has 0 fully saturated rings. The molecular weight excluding hydrogens is 508 g/mol. The van der Waals surface area contributed by atoms with Crippen LogP contribution < -0.4 is 0 Å². The van der Waals surface area contributed by atoms with Crippen LogP contribution in [0, 0.1) is 27.7 Å². The number of fused-ring (bicyclic) bond motifs is 6. The fourth-order valence-electron chi connectivity index (χ4n) is 6.82. The minimum atomic E-state index is 1.18. The second kappa shape index (κ2) is 9.22. The van der Waals surface area contributed by atoms with Crippen LogP contribution in [-0.2, 0) is 0 Å². The van der Waals surface area contributed by atoms with Crippen LogP contribution in [0.4, 0.5) is 0 Å². The highest BCUT2D eigenvalue weighted by Crippen LogP contribution is 2.41. The molecule has 0 spiro atoms. The SMILES string of the molecule is Cc1ccc2c(c1)c1cc(C)ccc1n2-c1cccc(-c2cc(C)cc3c2c2ccc(C)cc2n3-c2ccccc2)c1. The van der Waals surface area contributed by atoms with Crippen molar-refractivity contribution < 1.29 is 0 Å². The quantitative estimate of drug-likeness (QED) is 0.211. The highest BCUT2D eigenvalue weighted by Gasteiger charge is 2.18. The van der Waals surface area contributed by atoms with Crippen molar-refractivity contribution in [2.75, 3.05) is 0 Å². The van der Waals surface area contributed by atoms with Gasteiger partial charge in [-0.1, -0.05) is 71.8 Å². The number of hydrogen-bond donors (Lipinski definition) is 0. The van der Waals surface area contributed by atoms with Crippen LogP contribution in [0.3, 0.4) is 0 Å². The van der Waals surface area contributed by atoms with Gasteiger partial charge in [0.05, 0.1) is 22.1 Å². The van der Waals surface area contributed by atoms with Crippen LogP contribution in [0.2, 0.25) is 0 Å². The fraction of sp³-hybridized carbons (Fsp3) is 0.100. The molecule has 0 amide bonds. The summed E-state index contributed by atoms with van der Waals surface area (Å²) in [5.74, 6) is 0. The first-order chi connectivity index (χ1) is 20.5. The molecule has 0 N–H and O–H groups in total. The van der Waals surface area contributed by atoms with Crippen molar-refractivity contribution in [3.63, 3.8) is 0 Å². The smallest absolute Gasteiger partial charge is 0.0549 e. The van der Waals surface area contributed by atoms with Crippen molar-refractivity contribution in [1.82, 2.24) is 9.13 Å². The highest BCUT2D eigenvalue weighted by atomic mass is 15.0. The van der Waals surface area contributed by atoms with Crippen LogP contribution in [0.5, 0.6) is 0 Å². The number of para-hydroxylation sites is 1. The monoisotopic (exact) mass is 540 g/mol. The van der Waals surface area contributed by atoms with Gasteiger partial charge in [-0.05, 0) is 111 Å². The van der Waals surface area contributed by atoms with Gasteiger partial charge < -0.3 is 9.13 Å². The zero-order valence-corrected chi connectivity index (χ0v) is 24.4.